The Morgan fingerprint density at radius 2 is 1.84 bits per heavy atom. The van der Waals surface area contributed by atoms with Gasteiger partial charge in [-0.3, -0.25) is 0 Å². The first-order valence-electron chi connectivity index (χ1n) is 6.22. The van der Waals surface area contributed by atoms with Gasteiger partial charge in [0.15, 0.2) is 0 Å². The lowest BCUT2D eigenvalue weighted by Crippen LogP contribution is -2.33. The summed E-state index contributed by atoms with van der Waals surface area (Å²) in [7, 11) is 0. The number of halogens is 3. The van der Waals surface area contributed by atoms with E-state index in [9.17, 15) is 13.2 Å². The number of hydrogen-bond donors (Lipinski definition) is 1. The fourth-order valence-electron chi connectivity index (χ4n) is 2.02. The number of hydrogen-bond acceptors (Lipinski definition) is 3. The minimum absolute atomic E-state index is 0.237. The van der Waals surface area contributed by atoms with E-state index < -0.39 is 6.36 Å². The summed E-state index contributed by atoms with van der Waals surface area (Å²) >= 11 is 0. The highest BCUT2D eigenvalue weighted by Crippen LogP contribution is 2.25. The van der Waals surface area contributed by atoms with Crippen LogP contribution < -0.4 is 14.8 Å². The van der Waals surface area contributed by atoms with Crippen LogP contribution in [0.15, 0.2) is 24.3 Å². The highest BCUT2D eigenvalue weighted by Gasteiger charge is 2.30. The van der Waals surface area contributed by atoms with Gasteiger partial charge < -0.3 is 14.8 Å². The van der Waals surface area contributed by atoms with Gasteiger partial charge in [-0.15, -0.1) is 13.2 Å². The van der Waals surface area contributed by atoms with Gasteiger partial charge in [-0.2, -0.15) is 0 Å². The summed E-state index contributed by atoms with van der Waals surface area (Å²) < 4.78 is 45.3. The maximum absolute atomic E-state index is 12.0. The van der Waals surface area contributed by atoms with Crippen molar-refractivity contribution in [3.8, 4) is 11.5 Å². The molecule has 1 unspecified atom stereocenters. The smallest absolute Gasteiger partial charge is 0.493 e. The fourth-order valence-corrected chi connectivity index (χ4v) is 2.02. The van der Waals surface area contributed by atoms with Crippen molar-refractivity contribution in [3.63, 3.8) is 0 Å². The Hall–Kier alpha value is -1.43. The molecule has 3 nitrogen and oxygen atoms in total. The lowest BCUT2D eigenvalue weighted by atomic mass is 10.0. The molecule has 1 aliphatic rings. The summed E-state index contributed by atoms with van der Waals surface area (Å²) in [5.41, 5.74) is 0. The van der Waals surface area contributed by atoms with Gasteiger partial charge in [0.1, 0.15) is 11.5 Å². The van der Waals surface area contributed by atoms with Crippen molar-refractivity contribution >= 4 is 0 Å². The molecule has 0 amide bonds. The van der Waals surface area contributed by atoms with Crippen LogP contribution in [0.1, 0.15) is 12.8 Å². The Kier molecular flexibility index (Phi) is 4.52. The average molecular weight is 275 g/mol. The molecule has 0 saturated carbocycles. The van der Waals surface area contributed by atoms with E-state index in [-0.39, 0.29) is 5.75 Å². The van der Waals surface area contributed by atoms with Crippen LogP contribution in [0.25, 0.3) is 0 Å². The van der Waals surface area contributed by atoms with Gasteiger partial charge >= 0.3 is 6.36 Å². The molecule has 1 aliphatic heterocycles. The number of rotatable bonds is 4. The van der Waals surface area contributed by atoms with E-state index in [1.807, 2.05) is 0 Å². The first-order chi connectivity index (χ1) is 9.03. The molecule has 19 heavy (non-hydrogen) atoms. The van der Waals surface area contributed by atoms with Gasteiger partial charge in [-0.25, -0.2) is 0 Å². The van der Waals surface area contributed by atoms with Gasteiger partial charge in [0.05, 0.1) is 6.61 Å². The largest absolute Gasteiger partial charge is 0.573 e. The first-order valence-corrected chi connectivity index (χ1v) is 6.22. The summed E-state index contributed by atoms with van der Waals surface area (Å²) in [6.45, 7) is 2.54. The molecule has 0 aliphatic carbocycles. The number of benzene rings is 1. The van der Waals surface area contributed by atoms with Crippen LogP contribution in [0.4, 0.5) is 13.2 Å². The van der Waals surface area contributed by atoms with Crippen molar-refractivity contribution < 1.29 is 22.6 Å². The topological polar surface area (TPSA) is 30.5 Å². The lowest BCUT2D eigenvalue weighted by molar-refractivity contribution is -0.274. The molecule has 0 radical (unpaired) electrons. The van der Waals surface area contributed by atoms with Crippen molar-refractivity contribution in [2.24, 2.45) is 5.92 Å². The maximum atomic E-state index is 12.0. The van der Waals surface area contributed by atoms with Crippen LogP contribution in [0.3, 0.4) is 0 Å². The molecule has 1 fully saturated rings. The molecule has 1 saturated heterocycles. The van der Waals surface area contributed by atoms with Gasteiger partial charge in [0.25, 0.3) is 0 Å². The van der Waals surface area contributed by atoms with E-state index in [2.05, 4.69) is 10.1 Å². The van der Waals surface area contributed by atoms with Crippen LogP contribution in [0, 0.1) is 5.92 Å². The second kappa shape index (κ2) is 6.14. The molecule has 106 valence electrons. The Morgan fingerprint density at radius 3 is 2.42 bits per heavy atom. The number of nitrogens with one attached hydrogen (secondary N) is 1. The third-order valence-electron chi connectivity index (χ3n) is 2.94. The van der Waals surface area contributed by atoms with Gasteiger partial charge in [0.2, 0.25) is 0 Å². The van der Waals surface area contributed by atoms with E-state index in [1.165, 1.54) is 24.3 Å². The molecule has 1 atom stereocenters. The van der Waals surface area contributed by atoms with E-state index in [0.29, 0.717) is 18.3 Å². The summed E-state index contributed by atoms with van der Waals surface area (Å²) in [4.78, 5) is 0. The van der Waals surface area contributed by atoms with Gasteiger partial charge in [0, 0.05) is 12.5 Å². The van der Waals surface area contributed by atoms with Gasteiger partial charge in [-0.05, 0) is 43.7 Å². The summed E-state index contributed by atoms with van der Waals surface area (Å²) in [6, 6.07) is 5.47. The Labute approximate surface area is 109 Å². The summed E-state index contributed by atoms with van der Waals surface area (Å²) in [5.74, 6) is 0.777. The molecule has 1 N–H and O–H groups in total. The lowest BCUT2D eigenvalue weighted by Gasteiger charge is -2.22. The molecule has 0 aromatic heterocycles. The summed E-state index contributed by atoms with van der Waals surface area (Å²) in [6.07, 6.45) is -2.41. The van der Waals surface area contributed by atoms with Crippen LogP contribution >= 0.6 is 0 Å². The van der Waals surface area contributed by atoms with Crippen LogP contribution in [-0.2, 0) is 0 Å². The van der Waals surface area contributed by atoms with Crippen molar-refractivity contribution in [1.82, 2.24) is 5.32 Å². The average Bonchev–Trinajstić information content (AvgIpc) is 2.37. The number of alkyl halides is 3. The minimum Gasteiger partial charge on any atom is -0.493 e. The third-order valence-corrected chi connectivity index (χ3v) is 2.94. The second-order valence-corrected chi connectivity index (χ2v) is 4.54. The van der Waals surface area contributed by atoms with Crippen molar-refractivity contribution in [1.29, 1.82) is 0 Å². The van der Waals surface area contributed by atoms with E-state index in [0.717, 1.165) is 25.9 Å². The summed E-state index contributed by atoms with van der Waals surface area (Å²) in [5, 5.41) is 3.28. The molecule has 0 spiro atoms. The normalized spacial score (nSPS) is 20.1. The second-order valence-electron chi connectivity index (χ2n) is 4.54. The van der Waals surface area contributed by atoms with E-state index in [4.69, 9.17) is 4.74 Å². The van der Waals surface area contributed by atoms with Gasteiger partial charge in [-0.1, -0.05) is 0 Å². The first kappa shape index (κ1) is 14.0. The zero-order valence-electron chi connectivity index (χ0n) is 10.4. The molecule has 1 aromatic rings. The van der Waals surface area contributed by atoms with Crippen LogP contribution in [-0.4, -0.2) is 26.1 Å². The van der Waals surface area contributed by atoms with Crippen LogP contribution in [0.5, 0.6) is 11.5 Å². The van der Waals surface area contributed by atoms with E-state index >= 15 is 0 Å². The molecule has 6 heteroatoms. The molecule has 1 heterocycles. The molecule has 1 aromatic carbocycles. The zero-order chi connectivity index (χ0) is 13.7. The standard InChI is InChI=1S/C13H16F3NO2/c14-13(15,16)19-12-5-3-11(4-6-12)18-9-10-2-1-7-17-8-10/h3-6,10,17H,1-2,7-9H2. The van der Waals surface area contributed by atoms with Crippen molar-refractivity contribution in [3.05, 3.63) is 24.3 Å². The molecular weight excluding hydrogens is 259 g/mol. The van der Waals surface area contributed by atoms with Crippen LogP contribution in [0.2, 0.25) is 0 Å². The highest BCUT2D eigenvalue weighted by atomic mass is 19.4. The van der Waals surface area contributed by atoms with Crippen molar-refractivity contribution in [2.45, 2.75) is 19.2 Å². The SMILES string of the molecule is FC(F)(F)Oc1ccc(OCC2CCCNC2)cc1. The Balaban J connectivity index is 1.81. The predicted molar refractivity (Wildman–Crippen MR) is 64.2 cm³/mol. The number of ether oxygens (including phenoxy) is 2. The molecular formula is C13H16F3NO2. The zero-order valence-corrected chi connectivity index (χ0v) is 10.4. The predicted octanol–water partition coefficient (Wildman–Crippen LogP) is 2.96. The molecule has 0 bridgehead atoms. The van der Waals surface area contributed by atoms with Crippen molar-refractivity contribution in [2.75, 3.05) is 19.7 Å². The quantitative estimate of drug-likeness (QED) is 0.916. The Bertz CT molecular complexity index is 386. The third kappa shape index (κ3) is 4.98. The van der Waals surface area contributed by atoms with E-state index in [1.54, 1.807) is 0 Å². The minimum atomic E-state index is -4.66. The maximum Gasteiger partial charge on any atom is 0.573 e. The fraction of sp³-hybridized carbons (Fsp3) is 0.538. The number of piperidine rings is 1. The Morgan fingerprint density at radius 1 is 1.16 bits per heavy atom. The monoisotopic (exact) mass is 275 g/mol. The molecule has 2 rings (SSSR count). The highest BCUT2D eigenvalue weighted by molar-refractivity contribution is 5.31.